The molecule has 140 valence electrons. The molecule has 0 aliphatic carbocycles. The predicted molar refractivity (Wildman–Crippen MR) is 105 cm³/mol. The Kier molecular flexibility index (Phi) is 6.91. The van der Waals surface area contributed by atoms with E-state index < -0.39 is 0 Å². The lowest BCUT2D eigenvalue weighted by Gasteiger charge is -2.35. The minimum atomic E-state index is 0.0506. The van der Waals surface area contributed by atoms with Gasteiger partial charge in [-0.15, -0.1) is 0 Å². The number of pyridine rings is 1. The molecule has 2 heterocycles. The molecule has 1 aliphatic heterocycles. The molecule has 1 aromatic carbocycles. The van der Waals surface area contributed by atoms with Crippen LogP contribution in [0.25, 0.3) is 0 Å². The molecule has 0 atom stereocenters. The molecule has 0 radical (unpaired) electrons. The van der Waals surface area contributed by atoms with E-state index in [-0.39, 0.29) is 5.91 Å². The van der Waals surface area contributed by atoms with Gasteiger partial charge in [0, 0.05) is 51.2 Å². The molecule has 3 rings (SSSR count). The van der Waals surface area contributed by atoms with Gasteiger partial charge in [-0.2, -0.15) is 5.26 Å². The molecule has 1 aromatic heterocycles. The highest BCUT2D eigenvalue weighted by atomic mass is 16.2. The topological polar surface area (TPSA) is 63.5 Å². The maximum atomic E-state index is 12.8. The van der Waals surface area contributed by atoms with Gasteiger partial charge in [0.2, 0.25) is 5.91 Å². The van der Waals surface area contributed by atoms with Crippen molar-refractivity contribution in [3.8, 4) is 6.07 Å². The molecule has 6 heteroatoms. The summed E-state index contributed by atoms with van der Waals surface area (Å²) in [6, 6.07) is 17.7. The lowest BCUT2D eigenvalue weighted by Crippen LogP contribution is -2.50. The highest BCUT2D eigenvalue weighted by Crippen LogP contribution is 2.15. The SMILES string of the molecule is N#CCCN(C(=O)CN1CCN(Cc2ccccn2)CC1)c1ccccc1. The Balaban J connectivity index is 1.52. The van der Waals surface area contributed by atoms with E-state index >= 15 is 0 Å². The van der Waals surface area contributed by atoms with Crippen molar-refractivity contribution in [3.05, 3.63) is 60.4 Å². The van der Waals surface area contributed by atoms with Gasteiger partial charge in [0.25, 0.3) is 0 Å². The zero-order valence-electron chi connectivity index (χ0n) is 15.5. The van der Waals surface area contributed by atoms with Crippen LogP contribution in [-0.4, -0.2) is 60.0 Å². The summed E-state index contributed by atoms with van der Waals surface area (Å²) in [5.74, 6) is 0.0506. The van der Waals surface area contributed by atoms with E-state index in [1.54, 1.807) is 4.90 Å². The highest BCUT2D eigenvalue weighted by Gasteiger charge is 2.22. The number of amides is 1. The Bertz CT molecular complexity index is 751. The number of nitriles is 1. The van der Waals surface area contributed by atoms with Crippen LogP contribution in [-0.2, 0) is 11.3 Å². The zero-order valence-corrected chi connectivity index (χ0v) is 15.5. The van der Waals surface area contributed by atoms with Crippen LogP contribution in [0.5, 0.6) is 0 Å². The van der Waals surface area contributed by atoms with Crippen molar-refractivity contribution in [2.75, 3.05) is 44.2 Å². The van der Waals surface area contributed by atoms with E-state index in [4.69, 9.17) is 5.26 Å². The molecule has 1 saturated heterocycles. The first-order valence-electron chi connectivity index (χ1n) is 9.33. The fraction of sp³-hybridized carbons (Fsp3) is 0.381. The average Bonchev–Trinajstić information content (AvgIpc) is 2.71. The van der Waals surface area contributed by atoms with E-state index in [1.807, 2.05) is 54.7 Å². The fourth-order valence-electron chi connectivity index (χ4n) is 3.27. The summed E-state index contributed by atoms with van der Waals surface area (Å²) in [6.07, 6.45) is 2.15. The van der Waals surface area contributed by atoms with Crippen LogP contribution in [0.3, 0.4) is 0 Å². The predicted octanol–water partition coefficient (Wildman–Crippen LogP) is 2.15. The quantitative estimate of drug-likeness (QED) is 0.754. The average molecular weight is 363 g/mol. The lowest BCUT2D eigenvalue weighted by atomic mass is 10.2. The Hall–Kier alpha value is -2.75. The minimum absolute atomic E-state index is 0.0506. The summed E-state index contributed by atoms with van der Waals surface area (Å²) in [4.78, 5) is 23.5. The summed E-state index contributed by atoms with van der Waals surface area (Å²) in [5.41, 5.74) is 1.93. The molecule has 27 heavy (non-hydrogen) atoms. The van der Waals surface area contributed by atoms with Gasteiger partial charge in [-0.25, -0.2) is 0 Å². The standard InChI is InChI=1S/C21H25N5O/c22-10-6-12-26(20-8-2-1-3-9-20)21(27)18-25-15-13-24(14-16-25)17-19-7-4-5-11-23-19/h1-5,7-9,11H,6,12-18H2. The van der Waals surface area contributed by atoms with Crippen molar-refractivity contribution in [2.24, 2.45) is 0 Å². The number of anilines is 1. The van der Waals surface area contributed by atoms with E-state index in [9.17, 15) is 4.79 Å². The number of piperazine rings is 1. The molecule has 1 fully saturated rings. The number of aromatic nitrogens is 1. The normalized spacial score (nSPS) is 15.2. The van der Waals surface area contributed by atoms with E-state index in [2.05, 4.69) is 20.9 Å². The molecule has 2 aromatic rings. The molecule has 0 unspecified atom stereocenters. The van der Waals surface area contributed by atoms with Gasteiger partial charge in [0.05, 0.1) is 24.7 Å². The number of carbonyl (C=O) groups is 1. The zero-order chi connectivity index (χ0) is 18.9. The second kappa shape index (κ2) is 9.81. The molecule has 0 N–H and O–H groups in total. The highest BCUT2D eigenvalue weighted by molar-refractivity contribution is 5.94. The van der Waals surface area contributed by atoms with Crippen LogP contribution in [0.1, 0.15) is 12.1 Å². The van der Waals surface area contributed by atoms with Gasteiger partial charge in [0.15, 0.2) is 0 Å². The second-order valence-electron chi connectivity index (χ2n) is 6.66. The van der Waals surface area contributed by atoms with Gasteiger partial charge in [0.1, 0.15) is 0 Å². The number of hydrogen-bond donors (Lipinski definition) is 0. The Morgan fingerprint density at radius 2 is 1.74 bits per heavy atom. The first-order chi connectivity index (χ1) is 13.3. The second-order valence-corrected chi connectivity index (χ2v) is 6.66. The number of rotatable bonds is 7. The molecule has 6 nitrogen and oxygen atoms in total. The molecule has 0 saturated carbocycles. The van der Waals surface area contributed by atoms with Crippen molar-refractivity contribution in [1.82, 2.24) is 14.8 Å². The Morgan fingerprint density at radius 3 is 2.41 bits per heavy atom. The van der Waals surface area contributed by atoms with Crippen LogP contribution in [0.4, 0.5) is 5.69 Å². The summed E-state index contributed by atoms with van der Waals surface area (Å²) >= 11 is 0. The van der Waals surface area contributed by atoms with Gasteiger partial charge in [-0.05, 0) is 24.3 Å². The third-order valence-electron chi connectivity index (χ3n) is 4.75. The van der Waals surface area contributed by atoms with Crippen LogP contribution in [0, 0.1) is 11.3 Å². The van der Waals surface area contributed by atoms with Crippen molar-refractivity contribution in [1.29, 1.82) is 5.26 Å². The third kappa shape index (κ3) is 5.61. The van der Waals surface area contributed by atoms with Crippen molar-refractivity contribution in [3.63, 3.8) is 0 Å². The molecular weight excluding hydrogens is 338 g/mol. The monoisotopic (exact) mass is 363 g/mol. The number of para-hydroxylation sites is 1. The molecule has 1 aliphatic rings. The van der Waals surface area contributed by atoms with Gasteiger partial charge in [-0.3, -0.25) is 19.6 Å². The maximum absolute atomic E-state index is 12.8. The smallest absolute Gasteiger partial charge is 0.241 e. The van der Waals surface area contributed by atoms with Crippen LogP contribution < -0.4 is 4.90 Å². The number of carbonyl (C=O) groups excluding carboxylic acids is 1. The van der Waals surface area contributed by atoms with Gasteiger partial charge < -0.3 is 4.90 Å². The molecule has 0 spiro atoms. The summed E-state index contributed by atoms with van der Waals surface area (Å²) in [6.45, 7) is 5.23. The third-order valence-corrected chi connectivity index (χ3v) is 4.75. The molecule has 0 bridgehead atoms. The Morgan fingerprint density at radius 1 is 1.04 bits per heavy atom. The first-order valence-corrected chi connectivity index (χ1v) is 9.33. The fourth-order valence-corrected chi connectivity index (χ4v) is 3.27. The van der Waals surface area contributed by atoms with Crippen molar-refractivity contribution >= 4 is 11.6 Å². The number of benzene rings is 1. The van der Waals surface area contributed by atoms with Crippen LogP contribution >= 0.6 is 0 Å². The van der Waals surface area contributed by atoms with E-state index in [1.165, 1.54) is 0 Å². The Labute approximate surface area is 160 Å². The van der Waals surface area contributed by atoms with E-state index in [0.717, 1.165) is 44.1 Å². The van der Waals surface area contributed by atoms with Crippen LogP contribution in [0.15, 0.2) is 54.7 Å². The molecule has 1 amide bonds. The number of nitrogens with zero attached hydrogens (tertiary/aromatic N) is 5. The van der Waals surface area contributed by atoms with E-state index in [0.29, 0.717) is 19.5 Å². The van der Waals surface area contributed by atoms with Gasteiger partial charge in [-0.1, -0.05) is 24.3 Å². The largest absolute Gasteiger partial charge is 0.310 e. The first kappa shape index (κ1) is 19.0. The van der Waals surface area contributed by atoms with Crippen molar-refractivity contribution in [2.45, 2.75) is 13.0 Å². The number of hydrogen-bond acceptors (Lipinski definition) is 5. The lowest BCUT2D eigenvalue weighted by molar-refractivity contribution is -0.120. The maximum Gasteiger partial charge on any atom is 0.241 e. The molecular formula is C21H25N5O. The summed E-state index contributed by atoms with van der Waals surface area (Å²) in [5, 5.41) is 8.91. The minimum Gasteiger partial charge on any atom is -0.310 e. The van der Waals surface area contributed by atoms with Crippen LogP contribution in [0.2, 0.25) is 0 Å². The summed E-state index contributed by atoms with van der Waals surface area (Å²) in [7, 11) is 0. The van der Waals surface area contributed by atoms with Gasteiger partial charge >= 0.3 is 0 Å². The van der Waals surface area contributed by atoms with Crippen molar-refractivity contribution < 1.29 is 4.79 Å². The summed E-state index contributed by atoms with van der Waals surface area (Å²) < 4.78 is 0.